The predicted molar refractivity (Wildman–Crippen MR) is 66.6 cm³/mol. The molecule has 0 N–H and O–H groups in total. The predicted octanol–water partition coefficient (Wildman–Crippen LogP) is 4.02. The number of halogens is 1. The summed E-state index contributed by atoms with van der Waals surface area (Å²) in [6, 6.07) is 14.9. The van der Waals surface area contributed by atoms with Crippen LogP contribution in [0.5, 0.6) is 0 Å². The quantitative estimate of drug-likeness (QED) is 0.711. The average Bonchev–Trinajstić information content (AvgIpc) is 2.30. The number of hydrogen-bond acceptors (Lipinski definition) is 1. The fourth-order valence-corrected chi connectivity index (χ4v) is 1.78. The summed E-state index contributed by atoms with van der Waals surface area (Å²) in [4.78, 5) is 11.0. The molecule has 1 nitrogen and oxygen atoms in total. The lowest BCUT2D eigenvalue weighted by atomic mass is 10.0. The normalized spacial score (nSPS) is 10.1. The lowest BCUT2D eigenvalue weighted by Gasteiger charge is -2.04. The Morgan fingerprint density at radius 3 is 2.19 bits per heavy atom. The second-order valence-electron chi connectivity index (χ2n) is 3.48. The van der Waals surface area contributed by atoms with Gasteiger partial charge in [-0.05, 0) is 11.6 Å². The second kappa shape index (κ2) is 4.50. The Kier molecular flexibility index (Phi) is 3.07. The fraction of sp³-hybridized carbons (Fsp3) is 0. The highest BCUT2D eigenvalue weighted by Crippen LogP contribution is 2.27. The van der Waals surface area contributed by atoms with Crippen molar-refractivity contribution in [2.24, 2.45) is 0 Å². The van der Waals surface area contributed by atoms with E-state index in [9.17, 15) is 4.79 Å². The van der Waals surface area contributed by atoms with Gasteiger partial charge in [0.15, 0.2) is 5.78 Å². The van der Waals surface area contributed by atoms with Crippen LogP contribution >= 0.6 is 11.6 Å². The van der Waals surface area contributed by atoms with Gasteiger partial charge in [-0.2, -0.15) is 0 Å². The first-order valence-corrected chi connectivity index (χ1v) is 5.27. The summed E-state index contributed by atoms with van der Waals surface area (Å²) in [5, 5.41) is 0.705. The van der Waals surface area contributed by atoms with Crippen LogP contribution in [0.15, 0.2) is 48.5 Å². The van der Waals surface area contributed by atoms with E-state index in [0.717, 1.165) is 11.1 Å². The minimum atomic E-state index is -0.175. The van der Waals surface area contributed by atoms with Crippen molar-refractivity contribution in [3.8, 4) is 11.1 Å². The third-order valence-electron chi connectivity index (χ3n) is 2.39. The van der Waals surface area contributed by atoms with E-state index < -0.39 is 0 Å². The summed E-state index contributed by atoms with van der Waals surface area (Å²) in [6.07, 6.45) is 0. The molecule has 1 radical (unpaired) electrons. The van der Waals surface area contributed by atoms with Gasteiger partial charge in [-0.15, -0.1) is 0 Å². The van der Waals surface area contributed by atoms with E-state index in [1.807, 2.05) is 36.4 Å². The molecule has 0 aliphatic carbocycles. The van der Waals surface area contributed by atoms with Crippen LogP contribution in [0.1, 0.15) is 10.4 Å². The number of carbonyl (C=O) groups excluding carboxylic acids is 1. The molecule has 0 bridgehead atoms. The summed E-state index contributed by atoms with van der Waals surface area (Å²) in [5.41, 5.74) is 2.57. The number of carbonyl (C=O) groups is 1. The lowest BCUT2D eigenvalue weighted by Crippen LogP contribution is -1.91. The Hall–Kier alpha value is -1.60. The topological polar surface area (TPSA) is 17.1 Å². The Morgan fingerprint density at radius 1 is 1.00 bits per heavy atom. The minimum absolute atomic E-state index is 0.175. The summed E-state index contributed by atoms with van der Waals surface area (Å²) in [5.74, 6) is -0.175. The number of rotatable bonds is 2. The fourth-order valence-electron chi connectivity index (χ4n) is 1.53. The Labute approximate surface area is 99.7 Å². The molecule has 0 fully saturated rings. The molecule has 0 saturated carbocycles. The summed E-state index contributed by atoms with van der Waals surface area (Å²) < 4.78 is 0. The van der Waals surface area contributed by atoms with E-state index in [2.05, 4.69) is 6.92 Å². The highest BCUT2D eigenvalue weighted by Gasteiger charge is 2.03. The van der Waals surface area contributed by atoms with Gasteiger partial charge in [0.1, 0.15) is 0 Å². The van der Waals surface area contributed by atoms with Crippen LogP contribution in [0.2, 0.25) is 5.02 Å². The van der Waals surface area contributed by atoms with Crippen molar-refractivity contribution in [3.63, 3.8) is 0 Å². The SMILES string of the molecule is [CH2]C(=O)c1ccc(-c2ccccc2Cl)cc1. The highest BCUT2D eigenvalue weighted by atomic mass is 35.5. The first-order chi connectivity index (χ1) is 7.68. The molecule has 0 atom stereocenters. The van der Waals surface area contributed by atoms with Crippen LogP contribution < -0.4 is 0 Å². The highest BCUT2D eigenvalue weighted by molar-refractivity contribution is 6.33. The number of benzene rings is 2. The number of hydrogen-bond donors (Lipinski definition) is 0. The molecule has 79 valence electrons. The van der Waals surface area contributed by atoms with E-state index in [4.69, 9.17) is 11.6 Å². The number of Topliss-reactive ketones (excluding diaryl/α,β-unsaturated/α-hetero) is 1. The molecule has 2 heteroatoms. The van der Waals surface area contributed by atoms with Crippen LogP contribution in [-0.4, -0.2) is 5.78 Å². The zero-order chi connectivity index (χ0) is 11.5. The van der Waals surface area contributed by atoms with Crippen molar-refractivity contribution in [2.45, 2.75) is 0 Å². The lowest BCUT2D eigenvalue weighted by molar-refractivity contribution is 0.104. The van der Waals surface area contributed by atoms with Gasteiger partial charge in [0.05, 0.1) is 0 Å². The molecule has 0 aliphatic heterocycles. The van der Waals surface area contributed by atoms with Gasteiger partial charge in [-0.1, -0.05) is 54.1 Å². The monoisotopic (exact) mass is 229 g/mol. The van der Waals surface area contributed by atoms with Crippen molar-refractivity contribution < 1.29 is 4.79 Å². The maximum Gasteiger partial charge on any atom is 0.163 e. The maximum atomic E-state index is 11.0. The molecular weight excluding hydrogens is 220 g/mol. The third-order valence-corrected chi connectivity index (χ3v) is 2.72. The Balaban J connectivity index is 2.43. The summed E-state index contributed by atoms with van der Waals surface area (Å²) >= 11 is 6.08. The molecule has 2 rings (SSSR count). The van der Waals surface area contributed by atoms with E-state index in [0.29, 0.717) is 10.6 Å². The van der Waals surface area contributed by atoms with Crippen molar-refractivity contribution in [1.82, 2.24) is 0 Å². The number of ketones is 1. The van der Waals surface area contributed by atoms with E-state index >= 15 is 0 Å². The Bertz CT molecular complexity index is 515. The van der Waals surface area contributed by atoms with Crippen molar-refractivity contribution in [2.75, 3.05) is 0 Å². The third kappa shape index (κ3) is 2.15. The van der Waals surface area contributed by atoms with Crippen molar-refractivity contribution in [3.05, 3.63) is 66.0 Å². The minimum Gasteiger partial charge on any atom is -0.294 e. The van der Waals surface area contributed by atoms with Gasteiger partial charge in [-0.25, -0.2) is 0 Å². The van der Waals surface area contributed by atoms with Gasteiger partial charge < -0.3 is 0 Å². The van der Waals surface area contributed by atoms with Crippen molar-refractivity contribution >= 4 is 17.4 Å². The molecular formula is C14H10ClO. The molecule has 2 aromatic carbocycles. The summed E-state index contributed by atoms with van der Waals surface area (Å²) in [6.45, 7) is 3.36. The largest absolute Gasteiger partial charge is 0.294 e. The van der Waals surface area contributed by atoms with Crippen LogP contribution in [0.25, 0.3) is 11.1 Å². The molecule has 2 aromatic rings. The van der Waals surface area contributed by atoms with Gasteiger partial charge in [0, 0.05) is 23.1 Å². The molecule has 16 heavy (non-hydrogen) atoms. The molecule has 0 heterocycles. The van der Waals surface area contributed by atoms with Crippen LogP contribution in [0, 0.1) is 6.92 Å². The molecule has 0 unspecified atom stereocenters. The summed E-state index contributed by atoms with van der Waals surface area (Å²) in [7, 11) is 0. The Morgan fingerprint density at radius 2 is 1.62 bits per heavy atom. The molecule has 0 aromatic heterocycles. The van der Waals surface area contributed by atoms with E-state index in [1.54, 1.807) is 12.1 Å². The van der Waals surface area contributed by atoms with Crippen molar-refractivity contribution in [1.29, 1.82) is 0 Å². The second-order valence-corrected chi connectivity index (χ2v) is 3.89. The van der Waals surface area contributed by atoms with Crippen LogP contribution in [0.3, 0.4) is 0 Å². The van der Waals surface area contributed by atoms with Gasteiger partial charge >= 0.3 is 0 Å². The first-order valence-electron chi connectivity index (χ1n) is 4.90. The zero-order valence-electron chi connectivity index (χ0n) is 8.61. The van der Waals surface area contributed by atoms with Crippen LogP contribution in [0.4, 0.5) is 0 Å². The first kappa shape index (κ1) is 10.9. The van der Waals surface area contributed by atoms with E-state index in [-0.39, 0.29) is 5.78 Å². The zero-order valence-corrected chi connectivity index (χ0v) is 9.37. The van der Waals surface area contributed by atoms with Gasteiger partial charge in [0.25, 0.3) is 0 Å². The molecule has 0 saturated heterocycles. The van der Waals surface area contributed by atoms with Gasteiger partial charge in [-0.3, -0.25) is 4.79 Å². The van der Waals surface area contributed by atoms with Gasteiger partial charge in [0.2, 0.25) is 0 Å². The average molecular weight is 230 g/mol. The standard InChI is InChI=1S/C14H10ClO/c1-10(16)11-6-8-12(9-7-11)13-4-2-3-5-14(13)15/h2-9H,1H2. The van der Waals surface area contributed by atoms with E-state index in [1.165, 1.54) is 0 Å². The smallest absolute Gasteiger partial charge is 0.163 e. The molecule has 0 spiro atoms. The molecule has 0 amide bonds. The van der Waals surface area contributed by atoms with Crippen LogP contribution in [-0.2, 0) is 0 Å². The molecule has 0 aliphatic rings. The maximum absolute atomic E-state index is 11.0.